The standard InChI is InChI=1S/C17H15F2NO2S/c1-23(21,22)14-5-2-11(3-6-14)15-8-13(18)9-16(15)12-4-7-17(19)20-10-12/h2-7,10,13H,8-9H2,1H3. The molecule has 1 aromatic heterocycles. The van der Waals surface area contributed by atoms with Crippen LogP contribution in [0.4, 0.5) is 8.78 Å². The summed E-state index contributed by atoms with van der Waals surface area (Å²) < 4.78 is 49.9. The van der Waals surface area contributed by atoms with Crippen LogP contribution in [0.15, 0.2) is 47.5 Å². The highest BCUT2D eigenvalue weighted by Crippen LogP contribution is 2.41. The number of nitrogens with zero attached hydrogens (tertiary/aromatic N) is 1. The van der Waals surface area contributed by atoms with E-state index in [0.717, 1.165) is 23.0 Å². The summed E-state index contributed by atoms with van der Waals surface area (Å²) >= 11 is 0. The van der Waals surface area contributed by atoms with Crippen molar-refractivity contribution in [2.75, 3.05) is 6.26 Å². The maximum absolute atomic E-state index is 13.9. The van der Waals surface area contributed by atoms with E-state index in [1.54, 1.807) is 18.2 Å². The van der Waals surface area contributed by atoms with Gasteiger partial charge in [-0.05, 0) is 46.5 Å². The summed E-state index contributed by atoms with van der Waals surface area (Å²) in [5.41, 5.74) is 3.06. The minimum absolute atomic E-state index is 0.224. The molecule has 6 heteroatoms. The van der Waals surface area contributed by atoms with Crippen LogP contribution in [0.25, 0.3) is 11.1 Å². The van der Waals surface area contributed by atoms with Crippen molar-refractivity contribution >= 4 is 21.0 Å². The SMILES string of the molecule is CS(=O)(=O)c1ccc(C2=C(c3ccc(F)nc3)CC(F)C2)cc1. The lowest BCUT2D eigenvalue weighted by Crippen LogP contribution is -1.97. The fraction of sp³-hybridized carbons (Fsp3) is 0.235. The van der Waals surface area contributed by atoms with Crippen LogP contribution in [0.2, 0.25) is 0 Å². The molecule has 1 aromatic carbocycles. The van der Waals surface area contributed by atoms with Gasteiger partial charge in [0.1, 0.15) is 6.17 Å². The van der Waals surface area contributed by atoms with E-state index in [1.165, 1.54) is 24.4 Å². The Morgan fingerprint density at radius 2 is 1.57 bits per heavy atom. The van der Waals surface area contributed by atoms with Crippen LogP contribution < -0.4 is 0 Å². The van der Waals surface area contributed by atoms with E-state index >= 15 is 0 Å². The molecule has 2 aromatic rings. The van der Waals surface area contributed by atoms with E-state index in [1.807, 2.05) is 0 Å². The Morgan fingerprint density at radius 3 is 2.09 bits per heavy atom. The molecule has 3 nitrogen and oxygen atoms in total. The summed E-state index contributed by atoms with van der Waals surface area (Å²) in [6, 6.07) is 9.23. The molecule has 1 heterocycles. The number of hydrogen-bond donors (Lipinski definition) is 0. The van der Waals surface area contributed by atoms with Crippen LogP contribution in [0, 0.1) is 5.95 Å². The maximum Gasteiger partial charge on any atom is 0.212 e. The Bertz CT molecular complexity index is 856. The van der Waals surface area contributed by atoms with Crippen LogP contribution in [0.1, 0.15) is 24.0 Å². The summed E-state index contributed by atoms with van der Waals surface area (Å²) in [5, 5.41) is 0. The highest BCUT2D eigenvalue weighted by molar-refractivity contribution is 7.90. The third-order valence-electron chi connectivity index (χ3n) is 3.92. The average Bonchev–Trinajstić information content (AvgIpc) is 2.89. The molecule has 0 N–H and O–H groups in total. The lowest BCUT2D eigenvalue weighted by Gasteiger charge is -2.08. The van der Waals surface area contributed by atoms with Crippen molar-refractivity contribution in [3.8, 4) is 0 Å². The van der Waals surface area contributed by atoms with Crippen LogP contribution in [0.5, 0.6) is 0 Å². The van der Waals surface area contributed by atoms with Crippen LogP contribution in [-0.4, -0.2) is 25.8 Å². The van der Waals surface area contributed by atoms with Gasteiger partial charge in [-0.15, -0.1) is 0 Å². The Kier molecular flexibility index (Phi) is 4.02. The maximum atomic E-state index is 13.9. The Hall–Kier alpha value is -2.08. The Labute approximate surface area is 133 Å². The first-order valence-corrected chi connectivity index (χ1v) is 9.02. The highest BCUT2D eigenvalue weighted by atomic mass is 32.2. The molecular weight excluding hydrogens is 320 g/mol. The molecule has 0 radical (unpaired) electrons. The second-order valence-electron chi connectivity index (χ2n) is 5.63. The van der Waals surface area contributed by atoms with E-state index < -0.39 is 22.0 Å². The predicted molar refractivity (Wildman–Crippen MR) is 84.7 cm³/mol. The third-order valence-corrected chi connectivity index (χ3v) is 5.05. The predicted octanol–water partition coefficient (Wildman–Crippen LogP) is 3.67. The largest absolute Gasteiger partial charge is 0.247 e. The molecular formula is C17H15F2NO2S. The lowest BCUT2D eigenvalue weighted by atomic mass is 9.98. The molecule has 1 atom stereocenters. The van der Waals surface area contributed by atoms with Crippen molar-refractivity contribution in [1.82, 2.24) is 4.98 Å². The summed E-state index contributed by atoms with van der Waals surface area (Å²) in [7, 11) is -3.27. The van der Waals surface area contributed by atoms with Gasteiger partial charge in [0, 0.05) is 25.3 Å². The summed E-state index contributed by atoms with van der Waals surface area (Å²) in [5.74, 6) is -0.580. The van der Waals surface area contributed by atoms with Gasteiger partial charge in [-0.1, -0.05) is 12.1 Å². The molecule has 0 saturated heterocycles. The molecule has 3 rings (SSSR count). The van der Waals surface area contributed by atoms with Gasteiger partial charge in [-0.2, -0.15) is 4.39 Å². The fourth-order valence-electron chi connectivity index (χ4n) is 2.80. The van der Waals surface area contributed by atoms with Crippen LogP contribution in [0.3, 0.4) is 0 Å². The van der Waals surface area contributed by atoms with Gasteiger partial charge >= 0.3 is 0 Å². The quantitative estimate of drug-likeness (QED) is 0.804. The minimum atomic E-state index is -3.27. The van der Waals surface area contributed by atoms with E-state index in [4.69, 9.17) is 0 Å². The fourth-order valence-corrected chi connectivity index (χ4v) is 3.43. The van der Waals surface area contributed by atoms with E-state index in [2.05, 4.69) is 4.98 Å². The zero-order chi connectivity index (χ0) is 16.6. The number of allylic oxidation sites excluding steroid dienone is 2. The number of halogens is 2. The van der Waals surface area contributed by atoms with Crippen molar-refractivity contribution in [3.05, 3.63) is 59.7 Å². The first-order chi connectivity index (χ1) is 10.8. The summed E-state index contributed by atoms with van der Waals surface area (Å²) in [6.45, 7) is 0. The van der Waals surface area contributed by atoms with Gasteiger partial charge in [0.15, 0.2) is 9.84 Å². The van der Waals surface area contributed by atoms with Crippen molar-refractivity contribution in [1.29, 1.82) is 0 Å². The molecule has 1 unspecified atom stereocenters. The van der Waals surface area contributed by atoms with Crippen molar-refractivity contribution < 1.29 is 17.2 Å². The number of hydrogen-bond acceptors (Lipinski definition) is 3. The molecule has 0 spiro atoms. The van der Waals surface area contributed by atoms with Crippen LogP contribution >= 0.6 is 0 Å². The molecule has 1 aliphatic rings. The minimum Gasteiger partial charge on any atom is -0.247 e. The molecule has 0 saturated carbocycles. The smallest absolute Gasteiger partial charge is 0.212 e. The number of benzene rings is 1. The van der Waals surface area contributed by atoms with Gasteiger partial charge in [-0.25, -0.2) is 17.8 Å². The van der Waals surface area contributed by atoms with Crippen LogP contribution in [-0.2, 0) is 9.84 Å². The normalized spacial score (nSPS) is 18.5. The first-order valence-electron chi connectivity index (χ1n) is 7.13. The molecule has 23 heavy (non-hydrogen) atoms. The van der Waals surface area contributed by atoms with E-state index in [9.17, 15) is 17.2 Å². The Balaban J connectivity index is 2.04. The number of aromatic nitrogens is 1. The zero-order valence-corrected chi connectivity index (χ0v) is 13.3. The van der Waals surface area contributed by atoms with Gasteiger partial charge in [0.25, 0.3) is 0 Å². The lowest BCUT2D eigenvalue weighted by molar-refractivity contribution is 0.357. The number of alkyl halides is 1. The van der Waals surface area contributed by atoms with Crippen molar-refractivity contribution in [2.24, 2.45) is 0 Å². The molecule has 0 bridgehead atoms. The molecule has 0 aliphatic heterocycles. The number of rotatable bonds is 3. The molecule has 0 fully saturated rings. The second kappa shape index (κ2) is 5.85. The molecule has 0 amide bonds. The van der Waals surface area contributed by atoms with E-state index in [-0.39, 0.29) is 17.7 Å². The molecule has 1 aliphatic carbocycles. The number of pyridine rings is 1. The summed E-state index contributed by atoms with van der Waals surface area (Å²) in [6.07, 6.45) is 2.04. The van der Waals surface area contributed by atoms with Gasteiger partial charge in [0.2, 0.25) is 5.95 Å². The van der Waals surface area contributed by atoms with Gasteiger partial charge in [0.05, 0.1) is 4.90 Å². The average molecular weight is 335 g/mol. The second-order valence-corrected chi connectivity index (χ2v) is 7.64. The number of sulfone groups is 1. The topological polar surface area (TPSA) is 47.0 Å². The van der Waals surface area contributed by atoms with Gasteiger partial charge in [-0.3, -0.25) is 0 Å². The molecule has 120 valence electrons. The third kappa shape index (κ3) is 3.32. The zero-order valence-electron chi connectivity index (χ0n) is 12.5. The highest BCUT2D eigenvalue weighted by Gasteiger charge is 2.26. The monoisotopic (exact) mass is 335 g/mol. The Morgan fingerprint density at radius 1 is 1.00 bits per heavy atom. The van der Waals surface area contributed by atoms with Gasteiger partial charge < -0.3 is 0 Å². The van der Waals surface area contributed by atoms with E-state index in [0.29, 0.717) is 5.56 Å². The first kappa shape index (κ1) is 15.8. The summed E-state index contributed by atoms with van der Waals surface area (Å²) in [4.78, 5) is 3.84. The van der Waals surface area contributed by atoms with Crippen molar-refractivity contribution in [2.45, 2.75) is 23.9 Å². The van der Waals surface area contributed by atoms with Crippen molar-refractivity contribution in [3.63, 3.8) is 0 Å².